The minimum absolute atomic E-state index is 0.237. The van der Waals surface area contributed by atoms with Gasteiger partial charge >= 0.3 is 0 Å². The first-order valence-corrected chi connectivity index (χ1v) is 10.0. The topological polar surface area (TPSA) is 48.8 Å². The van der Waals surface area contributed by atoms with E-state index in [9.17, 15) is 0 Å². The van der Waals surface area contributed by atoms with Gasteiger partial charge in [-0.25, -0.2) is 4.98 Å². The van der Waals surface area contributed by atoms with Crippen molar-refractivity contribution in [3.8, 4) is 11.5 Å². The molecule has 5 rings (SSSR count). The molecule has 0 saturated heterocycles. The van der Waals surface area contributed by atoms with Gasteiger partial charge in [-0.05, 0) is 28.8 Å². The van der Waals surface area contributed by atoms with Crippen molar-refractivity contribution in [1.82, 2.24) is 14.5 Å². The monoisotopic (exact) mass is 391 g/mol. The zero-order valence-electron chi connectivity index (χ0n) is 16.6. The maximum absolute atomic E-state index is 5.55. The number of aromatic nitrogens is 2. The van der Waals surface area contributed by atoms with E-state index in [1.807, 2.05) is 18.5 Å². The third-order valence-electron chi connectivity index (χ3n) is 5.70. The van der Waals surface area contributed by atoms with Gasteiger partial charge in [0.1, 0.15) is 5.82 Å². The molecule has 2 aliphatic heterocycles. The van der Waals surface area contributed by atoms with Crippen molar-refractivity contribution < 1.29 is 14.2 Å². The first kappa shape index (κ1) is 18.2. The van der Waals surface area contributed by atoms with E-state index in [2.05, 4.69) is 45.9 Å². The van der Waals surface area contributed by atoms with Crippen LogP contribution in [0.5, 0.6) is 11.5 Å². The minimum Gasteiger partial charge on any atom is -0.454 e. The van der Waals surface area contributed by atoms with Crippen LogP contribution >= 0.6 is 0 Å². The molecule has 2 aromatic carbocycles. The fourth-order valence-corrected chi connectivity index (χ4v) is 4.33. The van der Waals surface area contributed by atoms with E-state index in [4.69, 9.17) is 19.2 Å². The van der Waals surface area contributed by atoms with Crippen molar-refractivity contribution >= 4 is 0 Å². The molecule has 0 spiro atoms. The van der Waals surface area contributed by atoms with Gasteiger partial charge in [-0.15, -0.1) is 0 Å². The lowest BCUT2D eigenvalue weighted by Gasteiger charge is -2.34. The van der Waals surface area contributed by atoms with E-state index in [0.29, 0.717) is 13.4 Å². The summed E-state index contributed by atoms with van der Waals surface area (Å²) in [4.78, 5) is 7.21. The molecule has 0 amide bonds. The molecule has 1 unspecified atom stereocenters. The molecule has 0 saturated carbocycles. The van der Waals surface area contributed by atoms with Crippen LogP contribution in [0.3, 0.4) is 0 Å². The van der Waals surface area contributed by atoms with Crippen LogP contribution < -0.4 is 9.47 Å². The highest BCUT2D eigenvalue weighted by Gasteiger charge is 2.29. The van der Waals surface area contributed by atoms with Gasteiger partial charge in [0.15, 0.2) is 11.5 Å². The van der Waals surface area contributed by atoms with Crippen molar-refractivity contribution in [2.24, 2.45) is 0 Å². The van der Waals surface area contributed by atoms with Crippen LogP contribution in [0, 0.1) is 0 Å². The Bertz CT molecular complexity index is 1000. The molecule has 3 heterocycles. The van der Waals surface area contributed by atoms with Crippen LogP contribution in [0.4, 0.5) is 0 Å². The van der Waals surface area contributed by atoms with Crippen molar-refractivity contribution in [2.75, 3.05) is 27.1 Å². The highest BCUT2D eigenvalue weighted by Crippen LogP contribution is 2.36. The molecule has 6 heteroatoms. The predicted octanol–water partition coefficient (Wildman–Crippen LogP) is 3.41. The van der Waals surface area contributed by atoms with Gasteiger partial charge in [0.25, 0.3) is 0 Å². The Morgan fingerprint density at radius 2 is 2.03 bits per heavy atom. The Hall–Kier alpha value is -2.83. The van der Waals surface area contributed by atoms with Gasteiger partial charge in [-0.2, -0.15) is 0 Å². The lowest BCUT2D eigenvalue weighted by Crippen LogP contribution is -2.35. The number of methoxy groups -OCH3 is 1. The van der Waals surface area contributed by atoms with Crippen LogP contribution in [0.15, 0.2) is 54.9 Å². The summed E-state index contributed by atoms with van der Waals surface area (Å²) in [7, 11) is 1.74. The van der Waals surface area contributed by atoms with Gasteiger partial charge in [-0.3, -0.25) is 4.90 Å². The molecule has 0 bridgehead atoms. The summed E-state index contributed by atoms with van der Waals surface area (Å²) in [5, 5.41) is 0. The van der Waals surface area contributed by atoms with Gasteiger partial charge in [0.2, 0.25) is 6.79 Å². The predicted molar refractivity (Wildman–Crippen MR) is 109 cm³/mol. The largest absolute Gasteiger partial charge is 0.454 e. The minimum atomic E-state index is 0.237. The molecule has 6 nitrogen and oxygen atoms in total. The van der Waals surface area contributed by atoms with Crippen molar-refractivity contribution in [3.63, 3.8) is 0 Å². The van der Waals surface area contributed by atoms with E-state index in [1.165, 1.54) is 16.7 Å². The van der Waals surface area contributed by atoms with Gasteiger partial charge < -0.3 is 18.8 Å². The number of fused-ring (bicyclic) bond motifs is 2. The summed E-state index contributed by atoms with van der Waals surface area (Å²) in [6.07, 6.45) is 3.94. The molecule has 0 aliphatic carbocycles. The SMILES string of the molecule is COCCn1ccnc1C1CN(Cc2ccc3c(c2)OCO3)Cc2ccccc21. The molecule has 29 heavy (non-hydrogen) atoms. The summed E-state index contributed by atoms with van der Waals surface area (Å²) >= 11 is 0. The number of hydrogen-bond donors (Lipinski definition) is 0. The number of benzene rings is 2. The smallest absolute Gasteiger partial charge is 0.231 e. The zero-order valence-corrected chi connectivity index (χ0v) is 16.6. The molecule has 1 atom stereocenters. The van der Waals surface area contributed by atoms with Crippen molar-refractivity contribution in [2.45, 2.75) is 25.6 Å². The molecule has 1 aromatic heterocycles. The number of nitrogens with zero attached hydrogens (tertiary/aromatic N) is 3. The molecular formula is C23H25N3O3. The van der Waals surface area contributed by atoms with Crippen LogP contribution in [0.2, 0.25) is 0 Å². The molecule has 0 fully saturated rings. The molecule has 0 radical (unpaired) electrons. The Labute approximate surface area is 170 Å². The number of ether oxygens (including phenoxy) is 3. The van der Waals surface area contributed by atoms with E-state index in [0.717, 1.165) is 43.5 Å². The average molecular weight is 391 g/mol. The number of rotatable bonds is 6. The lowest BCUT2D eigenvalue weighted by atomic mass is 9.88. The average Bonchev–Trinajstić information content (AvgIpc) is 3.40. The summed E-state index contributed by atoms with van der Waals surface area (Å²) < 4.78 is 18.5. The van der Waals surface area contributed by atoms with E-state index in [1.54, 1.807) is 7.11 Å². The van der Waals surface area contributed by atoms with Gasteiger partial charge in [-0.1, -0.05) is 30.3 Å². The molecule has 150 valence electrons. The van der Waals surface area contributed by atoms with E-state index < -0.39 is 0 Å². The quantitative estimate of drug-likeness (QED) is 0.645. The Balaban J connectivity index is 1.42. The normalized spacial score (nSPS) is 18.0. The van der Waals surface area contributed by atoms with Crippen LogP contribution in [0.1, 0.15) is 28.4 Å². The second kappa shape index (κ2) is 7.89. The fourth-order valence-electron chi connectivity index (χ4n) is 4.33. The summed E-state index contributed by atoms with van der Waals surface area (Å²) in [6, 6.07) is 15.0. The Morgan fingerprint density at radius 1 is 1.14 bits per heavy atom. The summed E-state index contributed by atoms with van der Waals surface area (Å²) in [5.74, 6) is 3.01. The first-order chi connectivity index (χ1) is 14.3. The molecule has 2 aliphatic rings. The third kappa shape index (κ3) is 3.61. The standard InChI is InChI=1S/C23H25N3O3/c1-27-11-10-26-9-8-24-23(26)20-15-25(14-18-4-2-3-5-19(18)20)13-17-6-7-21-22(12-17)29-16-28-21/h2-9,12,20H,10-11,13-16H2,1H3. The Morgan fingerprint density at radius 3 is 2.97 bits per heavy atom. The van der Waals surface area contributed by atoms with Crippen LogP contribution in [-0.2, 0) is 24.4 Å². The van der Waals surface area contributed by atoms with Gasteiger partial charge in [0.05, 0.1) is 12.5 Å². The van der Waals surface area contributed by atoms with Crippen molar-refractivity contribution in [3.05, 3.63) is 77.4 Å². The second-order valence-electron chi connectivity index (χ2n) is 7.58. The maximum atomic E-state index is 5.55. The second-order valence-corrected chi connectivity index (χ2v) is 7.58. The molecular weight excluding hydrogens is 366 g/mol. The summed E-state index contributed by atoms with van der Waals surface area (Å²) in [5.41, 5.74) is 3.97. The zero-order chi connectivity index (χ0) is 19.6. The Kier molecular flexibility index (Phi) is 4.96. The number of imidazole rings is 1. The molecule has 3 aromatic rings. The van der Waals surface area contributed by atoms with E-state index >= 15 is 0 Å². The van der Waals surface area contributed by atoms with Crippen LogP contribution in [0.25, 0.3) is 0 Å². The van der Waals surface area contributed by atoms with Crippen LogP contribution in [-0.4, -0.2) is 41.5 Å². The number of hydrogen-bond acceptors (Lipinski definition) is 5. The lowest BCUT2D eigenvalue weighted by molar-refractivity contribution is 0.174. The maximum Gasteiger partial charge on any atom is 0.231 e. The highest BCUT2D eigenvalue weighted by molar-refractivity contribution is 5.44. The van der Waals surface area contributed by atoms with Gasteiger partial charge in [0, 0.05) is 45.7 Å². The first-order valence-electron chi connectivity index (χ1n) is 10.0. The molecule has 0 N–H and O–H groups in total. The fraction of sp³-hybridized carbons (Fsp3) is 0.348. The highest BCUT2D eigenvalue weighted by atomic mass is 16.7. The third-order valence-corrected chi connectivity index (χ3v) is 5.70. The summed E-state index contributed by atoms with van der Waals surface area (Å²) in [6.45, 7) is 4.52. The van der Waals surface area contributed by atoms with Crippen molar-refractivity contribution in [1.29, 1.82) is 0 Å². The van der Waals surface area contributed by atoms with E-state index in [-0.39, 0.29) is 5.92 Å².